The Morgan fingerprint density at radius 3 is 2.04 bits per heavy atom. The molecule has 1 rings (SSSR count). The van der Waals surface area contributed by atoms with E-state index in [1.54, 1.807) is 0 Å². The van der Waals surface area contributed by atoms with Gasteiger partial charge in [-0.05, 0) is 12.0 Å². The van der Waals surface area contributed by atoms with Crippen molar-refractivity contribution in [2.75, 3.05) is 21.1 Å². The molecule has 0 fully saturated rings. The number of hydrogen-bond donors (Lipinski definition) is 0. The largest absolute Gasteiger partial charge is 0.456 e. The Morgan fingerprint density at radius 1 is 0.920 bits per heavy atom. The van der Waals surface area contributed by atoms with Gasteiger partial charge in [0.05, 0.1) is 21.1 Å². The van der Waals surface area contributed by atoms with E-state index in [9.17, 15) is 4.79 Å². The fourth-order valence-corrected chi connectivity index (χ4v) is 3.12. The molecule has 0 saturated carbocycles. The first-order valence-corrected chi connectivity index (χ1v) is 9.97. The van der Waals surface area contributed by atoms with Crippen LogP contribution in [0.3, 0.4) is 0 Å². The van der Waals surface area contributed by atoms with Crippen LogP contribution in [0.2, 0.25) is 0 Å². The summed E-state index contributed by atoms with van der Waals surface area (Å²) < 4.78 is 6.21. The second-order valence-corrected chi connectivity index (χ2v) is 7.99. The van der Waals surface area contributed by atoms with Gasteiger partial charge in [-0.2, -0.15) is 0 Å². The molecule has 0 aliphatic carbocycles. The molecule has 0 amide bonds. The summed E-state index contributed by atoms with van der Waals surface area (Å²) in [5.41, 5.74) is 1.04. The number of esters is 1. The Morgan fingerprint density at radius 2 is 1.48 bits per heavy atom. The van der Waals surface area contributed by atoms with E-state index in [1.807, 2.05) is 30.3 Å². The third-order valence-electron chi connectivity index (χ3n) is 4.76. The molecule has 0 saturated heterocycles. The lowest BCUT2D eigenvalue weighted by Crippen LogP contribution is -2.50. The molecule has 3 heteroatoms. The Balaban J connectivity index is 2.32. The van der Waals surface area contributed by atoms with Gasteiger partial charge in [-0.1, -0.05) is 82.2 Å². The number of ether oxygens (including phenoxy) is 1. The fraction of sp³-hybridized carbons (Fsp3) is 0.682. The monoisotopic (exact) mass is 348 g/mol. The Kier molecular flexibility index (Phi) is 10.5. The van der Waals surface area contributed by atoms with Crippen molar-refractivity contribution in [3.63, 3.8) is 0 Å². The second kappa shape index (κ2) is 12.1. The van der Waals surface area contributed by atoms with Gasteiger partial charge in [-0.25, -0.2) is 4.79 Å². The summed E-state index contributed by atoms with van der Waals surface area (Å²) in [5, 5.41) is 0. The highest BCUT2D eigenvalue weighted by atomic mass is 16.5. The summed E-state index contributed by atoms with van der Waals surface area (Å²) in [6.45, 7) is 2.62. The van der Waals surface area contributed by atoms with Crippen LogP contribution in [0.4, 0.5) is 0 Å². The van der Waals surface area contributed by atoms with E-state index in [0.717, 1.165) is 18.4 Å². The zero-order valence-electron chi connectivity index (χ0n) is 16.8. The standard InChI is InChI=1S/C22H38NO2/c1-5-6-7-8-9-10-11-15-18-21(23(2,3)4)22(24)25-19-20-16-13-12-14-17-20/h12-14,16-17,21H,5-11,15,18-19H2,1-4H3/q+1/t21-/m0/s1. The minimum atomic E-state index is -0.0798. The first kappa shape index (κ1) is 21.7. The van der Waals surface area contributed by atoms with Gasteiger partial charge in [0.1, 0.15) is 6.61 Å². The molecule has 0 unspecified atom stereocenters. The molecular weight excluding hydrogens is 310 g/mol. The zero-order chi connectivity index (χ0) is 18.5. The molecule has 3 nitrogen and oxygen atoms in total. The van der Waals surface area contributed by atoms with Crippen LogP contribution in [-0.4, -0.2) is 37.6 Å². The molecule has 25 heavy (non-hydrogen) atoms. The van der Waals surface area contributed by atoms with Crippen LogP contribution in [0.15, 0.2) is 30.3 Å². The van der Waals surface area contributed by atoms with Gasteiger partial charge >= 0.3 is 5.97 Å². The molecule has 0 heterocycles. The summed E-state index contributed by atoms with van der Waals surface area (Å²) in [6.07, 6.45) is 11.2. The van der Waals surface area contributed by atoms with Gasteiger partial charge in [0, 0.05) is 6.42 Å². The molecule has 0 radical (unpaired) electrons. The predicted molar refractivity (Wildman–Crippen MR) is 105 cm³/mol. The summed E-state index contributed by atoms with van der Waals surface area (Å²) in [5.74, 6) is -0.0701. The summed E-state index contributed by atoms with van der Waals surface area (Å²) in [6, 6.07) is 9.83. The van der Waals surface area contributed by atoms with Crippen molar-refractivity contribution in [1.82, 2.24) is 0 Å². The minimum Gasteiger partial charge on any atom is -0.456 e. The lowest BCUT2D eigenvalue weighted by molar-refractivity contribution is -0.887. The van der Waals surface area contributed by atoms with Gasteiger partial charge in [0.15, 0.2) is 6.04 Å². The van der Waals surface area contributed by atoms with Gasteiger partial charge in [0.25, 0.3) is 0 Å². The molecule has 0 aliphatic rings. The highest BCUT2D eigenvalue weighted by molar-refractivity contribution is 5.74. The molecule has 1 atom stereocenters. The minimum absolute atomic E-state index is 0.0701. The van der Waals surface area contributed by atoms with Gasteiger partial charge in [0.2, 0.25) is 0 Å². The van der Waals surface area contributed by atoms with Crippen molar-refractivity contribution < 1.29 is 14.0 Å². The number of hydrogen-bond acceptors (Lipinski definition) is 2. The average Bonchev–Trinajstić information content (AvgIpc) is 2.58. The number of likely N-dealkylation sites (N-methyl/N-ethyl adjacent to an activating group) is 1. The van der Waals surface area contributed by atoms with Crippen molar-refractivity contribution in [2.24, 2.45) is 0 Å². The molecule has 0 N–H and O–H groups in total. The summed E-state index contributed by atoms with van der Waals surface area (Å²) in [4.78, 5) is 12.6. The topological polar surface area (TPSA) is 26.3 Å². The Bertz CT molecular complexity index is 465. The molecule has 0 aliphatic heterocycles. The number of quaternary nitrogens is 1. The number of carbonyl (C=O) groups excluding carboxylic acids is 1. The van der Waals surface area contributed by atoms with E-state index in [2.05, 4.69) is 28.1 Å². The van der Waals surface area contributed by atoms with Gasteiger partial charge in [-0.3, -0.25) is 0 Å². The highest BCUT2D eigenvalue weighted by Gasteiger charge is 2.32. The first-order chi connectivity index (χ1) is 11.9. The summed E-state index contributed by atoms with van der Waals surface area (Å²) in [7, 11) is 6.25. The predicted octanol–water partition coefficient (Wildman–Crippen LogP) is 5.34. The van der Waals surface area contributed by atoms with Crippen molar-refractivity contribution in [3.8, 4) is 0 Å². The fourth-order valence-electron chi connectivity index (χ4n) is 3.12. The van der Waals surface area contributed by atoms with Crippen molar-refractivity contribution in [2.45, 2.75) is 77.4 Å². The molecule has 0 spiro atoms. The van der Waals surface area contributed by atoms with Gasteiger partial charge < -0.3 is 9.22 Å². The van der Waals surface area contributed by atoms with Crippen molar-refractivity contribution in [3.05, 3.63) is 35.9 Å². The molecule has 0 aromatic heterocycles. The SMILES string of the molecule is CCCCCCCCCC[C@@H](C(=O)OCc1ccccc1)[N+](C)(C)C. The van der Waals surface area contributed by atoms with E-state index in [1.165, 1.54) is 44.9 Å². The van der Waals surface area contributed by atoms with E-state index in [-0.39, 0.29) is 12.0 Å². The van der Waals surface area contributed by atoms with Crippen LogP contribution >= 0.6 is 0 Å². The van der Waals surface area contributed by atoms with Crippen LogP contribution in [0.1, 0.15) is 70.3 Å². The highest BCUT2D eigenvalue weighted by Crippen LogP contribution is 2.17. The van der Waals surface area contributed by atoms with E-state index in [4.69, 9.17) is 4.74 Å². The van der Waals surface area contributed by atoms with Crippen molar-refractivity contribution >= 4 is 5.97 Å². The van der Waals surface area contributed by atoms with Gasteiger partial charge in [-0.15, -0.1) is 0 Å². The number of carbonyl (C=O) groups is 1. The maximum absolute atomic E-state index is 12.6. The third kappa shape index (κ3) is 9.64. The number of rotatable bonds is 13. The zero-order valence-corrected chi connectivity index (χ0v) is 16.8. The van der Waals surface area contributed by atoms with Crippen LogP contribution < -0.4 is 0 Å². The van der Waals surface area contributed by atoms with Crippen molar-refractivity contribution in [1.29, 1.82) is 0 Å². The third-order valence-corrected chi connectivity index (χ3v) is 4.76. The average molecular weight is 349 g/mol. The maximum atomic E-state index is 12.6. The smallest absolute Gasteiger partial charge is 0.365 e. The first-order valence-electron chi connectivity index (χ1n) is 9.97. The lowest BCUT2D eigenvalue weighted by Gasteiger charge is -2.32. The molecule has 1 aromatic rings. The van der Waals surface area contributed by atoms with Crippen LogP contribution in [0.5, 0.6) is 0 Å². The lowest BCUT2D eigenvalue weighted by atomic mass is 10.0. The maximum Gasteiger partial charge on any atom is 0.365 e. The number of unbranched alkanes of at least 4 members (excludes halogenated alkanes) is 7. The molecule has 1 aromatic carbocycles. The molecule has 142 valence electrons. The number of nitrogens with zero attached hydrogens (tertiary/aromatic N) is 1. The normalized spacial score (nSPS) is 12.8. The van der Waals surface area contributed by atoms with E-state index in [0.29, 0.717) is 11.1 Å². The van der Waals surface area contributed by atoms with Crippen LogP contribution in [0.25, 0.3) is 0 Å². The molecule has 0 bridgehead atoms. The molecular formula is C22H38NO2+. The van der Waals surface area contributed by atoms with Crippen LogP contribution in [-0.2, 0) is 16.1 Å². The van der Waals surface area contributed by atoms with Crippen LogP contribution in [0, 0.1) is 0 Å². The number of benzene rings is 1. The Labute approximate surface area is 155 Å². The van der Waals surface area contributed by atoms with E-state index >= 15 is 0 Å². The Hall–Kier alpha value is -1.35. The summed E-state index contributed by atoms with van der Waals surface area (Å²) >= 11 is 0. The quantitative estimate of drug-likeness (QED) is 0.273. The van der Waals surface area contributed by atoms with E-state index < -0.39 is 0 Å². The second-order valence-electron chi connectivity index (χ2n) is 7.99.